The molecular formula is C29H37FN2. The Hall–Kier alpha value is -2.55. The van der Waals surface area contributed by atoms with Crippen molar-refractivity contribution in [3.8, 4) is 22.5 Å². The van der Waals surface area contributed by atoms with Gasteiger partial charge in [0.05, 0.1) is 0 Å². The number of unbranched alkanes of at least 4 members (excludes halogenated alkanes) is 7. The summed E-state index contributed by atoms with van der Waals surface area (Å²) in [5.74, 6) is 0.414. The summed E-state index contributed by atoms with van der Waals surface area (Å²) in [5.41, 5.74) is 4.98. The van der Waals surface area contributed by atoms with Gasteiger partial charge in [0.25, 0.3) is 0 Å². The van der Waals surface area contributed by atoms with E-state index < -0.39 is 0 Å². The van der Waals surface area contributed by atoms with Crippen LogP contribution in [-0.4, -0.2) is 9.97 Å². The van der Waals surface area contributed by atoms with E-state index in [0.29, 0.717) is 5.82 Å². The van der Waals surface area contributed by atoms with Gasteiger partial charge < -0.3 is 0 Å². The zero-order valence-electron chi connectivity index (χ0n) is 19.7. The van der Waals surface area contributed by atoms with Crippen LogP contribution in [0.3, 0.4) is 0 Å². The lowest BCUT2D eigenvalue weighted by molar-refractivity contribution is 0.580. The minimum Gasteiger partial charge on any atom is -0.236 e. The van der Waals surface area contributed by atoms with Gasteiger partial charge in [-0.15, -0.1) is 0 Å². The summed E-state index contributed by atoms with van der Waals surface area (Å²) in [6.45, 7) is 4.45. The van der Waals surface area contributed by atoms with Crippen LogP contribution in [0.4, 0.5) is 4.39 Å². The zero-order valence-corrected chi connectivity index (χ0v) is 19.7. The fourth-order valence-corrected chi connectivity index (χ4v) is 4.05. The van der Waals surface area contributed by atoms with Crippen molar-refractivity contribution in [1.82, 2.24) is 9.97 Å². The second kappa shape index (κ2) is 13.1. The molecule has 0 unspecified atom stereocenters. The van der Waals surface area contributed by atoms with Crippen LogP contribution in [0.5, 0.6) is 0 Å². The second-order valence-electron chi connectivity index (χ2n) is 8.77. The first-order valence-corrected chi connectivity index (χ1v) is 12.4. The molecule has 0 N–H and O–H groups in total. The van der Waals surface area contributed by atoms with Gasteiger partial charge in [0, 0.05) is 23.5 Å². The molecule has 0 saturated heterocycles. The smallest absolute Gasteiger partial charge is 0.159 e. The highest BCUT2D eigenvalue weighted by molar-refractivity contribution is 5.64. The molecule has 0 aliphatic carbocycles. The van der Waals surface area contributed by atoms with E-state index in [1.165, 1.54) is 56.9 Å². The number of benzene rings is 2. The van der Waals surface area contributed by atoms with Crippen LogP contribution in [-0.2, 0) is 12.8 Å². The van der Waals surface area contributed by atoms with Gasteiger partial charge in [-0.05, 0) is 48.4 Å². The first-order chi connectivity index (χ1) is 15.7. The van der Waals surface area contributed by atoms with Crippen LogP contribution < -0.4 is 0 Å². The summed E-state index contributed by atoms with van der Waals surface area (Å²) in [6.07, 6.45) is 16.6. The highest BCUT2D eigenvalue weighted by Crippen LogP contribution is 2.23. The molecule has 0 radical (unpaired) electrons. The standard InChI is InChI=1S/C29H37FN2/c1-3-5-7-8-9-11-13-25-18-19-26(20-28(25)30)29-31-21-27(22-32-29)24-16-14-23(15-17-24)12-10-6-4-2/h14-22H,3-13H2,1-2H3. The van der Waals surface area contributed by atoms with E-state index in [1.54, 1.807) is 6.07 Å². The van der Waals surface area contributed by atoms with Gasteiger partial charge in [-0.3, -0.25) is 0 Å². The second-order valence-corrected chi connectivity index (χ2v) is 8.77. The number of hydrogen-bond acceptors (Lipinski definition) is 2. The average Bonchev–Trinajstić information content (AvgIpc) is 2.83. The van der Waals surface area contributed by atoms with E-state index in [2.05, 4.69) is 48.1 Å². The zero-order chi connectivity index (χ0) is 22.6. The fourth-order valence-electron chi connectivity index (χ4n) is 4.05. The van der Waals surface area contributed by atoms with Gasteiger partial charge >= 0.3 is 0 Å². The molecule has 3 heteroatoms. The van der Waals surface area contributed by atoms with Crippen molar-refractivity contribution < 1.29 is 4.39 Å². The van der Waals surface area contributed by atoms with Crippen molar-refractivity contribution in [3.05, 3.63) is 71.8 Å². The molecule has 0 aliphatic heterocycles. The molecule has 0 atom stereocenters. The summed E-state index contributed by atoms with van der Waals surface area (Å²) < 4.78 is 14.6. The van der Waals surface area contributed by atoms with Crippen LogP contribution >= 0.6 is 0 Å². The van der Waals surface area contributed by atoms with Crippen molar-refractivity contribution in [3.63, 3.8) is 0 Å². The molecule has 0 fully saturated rings. The molecule has 0 aliphatic rings. The van der Waals surface area contributed by atoms with Crippen molar-refractivity contribution >= 4 is 0 Å². The van der Waals surface area contributed by atoms with Gasteiger partial charge in [-0.1, -0.05) is 95.2 Å². The summed E-state index contributed by atoms with van der Waals surface area (Å²) in [7, 11) is 0. The van der Waals surface area contributed by atoms with Crippen molar-refractivity contribution in [2.75, 3.05) is 0 Å². The van der Waals surface area contributed by atoms with E-state index in [4.69, 9.17) is 0 Å². The highest BCUT2D eigenvalue weighted by atomic mass is 19.1. The van der Waals surface area contributed by atoms with Crippen molar-refractivity contribution in [1.29, 1.82) is 0 Å². The van der Waals surface area contributed by atoms with Crippen LogP contribution in [0.15, 0.2) is 54.9 Å². The largest absolute Gasteiger partial charge is 0.236 e. The SMILES string of the molecule is CCCCCCCCc1ccc(-c2ncc(-c3ccc(CCCCC)cc3)cn2)cc1F. The van der Waals surface area contributed by atoms with Gasteiger partial charge in [0.1, 0.15) is 5.82 Å². The van der Waals surface area contributed by atoms with Crippen LogP contribution in [0.1, 0.15) is 82.8 Å². The molecule has 0 saturated carbocycles. The van der Waals surface area contributed by atoms with E-state index >= 15 is 0 Å². The maximum absolute atomic E-state index is 14.6. The van der Waals surface area contributed by atoms with E-state index in [0.717, 1.165) is 41.5 Å². The molecule has 0 bridgehead atoms. The number of hydrogen-bond donors (Lipinski definition) is 0. The van der Waals surface area contributed by atoms with Crippen molar-refractivity contribution in [2.45, 2.75) is 84.5 Å². The van der Waals surface area contributed by atoms with Gasteiger partial charge in [-0.2, -0.15) is 0 Å². The number of rotatable bonds is 13. The van der Waals surface area contributed by atoms with Gasteiger partial charge in [0.15, 0.2) is 5.82 Å². The topological polar surface area (TPSA) is 25.8 Å². The average molecular weight is 433 g/mol. The Morgan fingerprint density at radius 1 is 0.625 bits per heavy atom. The fraction of sp³-hybridized carbons (Fsp3) is 0.448. The van der Waals surface area contributed by atoms with Crippen LogP contribution in [0, 0.1) is 5.82 Å². The lowest BCUT2D eigenvalue weighted by atomic mass is 10.0. The quantitative estimate of drug-likeness (QED) is 0.253. The van der Waals surface area contributed by atoms with E-state index in [-0.39, 0.29) is 5.82 Å². The molecule has 2 aromatic carbocycles. The Morgan fingerprint density at radius 3 is 1.91 bits per heavy atom. The van der Waals surface area contributed by atoms with Crippen LogP contribution in [0.25, 0.3) is 22.5 Å². The first kappa shape index (κ1) is 24.1. The van der Waals surface area contributed by atoms with E-state index in [9.17, 15) is 4.39 Å². The number of nitrogens with zero attached hydrogens (tertiary/aromatic N) is 2. The molecule has 1 heterocycles. The predicted octanol–water partition coefficient (Wildman–Crippen LogP) is 8.59. The summed E-state index contributed by atoms with van der Waals surface area (Å²) in [4.78, 5) is 9.01. The minimum absolute atomic E-state index is 0.151. The Kier molecular flexibility index (Phi) is 9.87. The summed E-state index contributed by atoms with van der Waals surface area (Å²) in [6, 6.07) is 14.1. The monoisotopic (exact) mass is 432 g/mol. The maximum Gasteiger partial charge on any atom is 0.159 e. The third-order valence-electron chi connectivity index (χ3n) is 6.12. The Morgan fingerprint density at radius 2 is 1.22 bits per heavy atom. The summed E-state index contributed by atoms with van der Waals surface area (Å²) in [5, 5.41) is 0. The van der Waals surface area contributed by atoms with E-state index in [1.807, 2.05) is 24.5 Å². The molecule has 0 amide bonds. The molecule has 3 aromatic rings. The molecule has 2 nitrogen and oxygen atoms in total. The molecule has 170 valence electrons. The normalized spacial score (nSPS) is 11.1. The maximum atomic E-state index is 14.6. The minimum atomic E-state index is -0.151. The van der Waals surface area contributed by atoms with Crippen molar-refractivity contribution in [2.24, 2.45) is 0 Å². The number of halogens is 1. The highest BCUT2D eigenvalue weighted by Gasteiger charge is 2.08. The molecular weight excluding hydrogens is 395 g/mol. The third-order valence-corrected chi connectivity index (χ3v) is 6.12. The predicted molar refractivity (Wildman–Crippen MR) is 133 cm³/mol. The number of aromatic nitrogens is 2. The molecule has 3 rings (SSSR count). The van der Waals surface area contributed by atoms with Crippen LogP contribution in [0.2, 0.25) is 0 Å². The lowest BCUT2D eigenvalue weighted by Crippen LogP contribution is -1.95. The lowest BCUT2D eigenvalue weighted by Gasteiger charge is -2.07. The molecule has 1 aromatic heterocycles. The number of aryl methyl sites for hydroxylation is 2. The molecule has 0 spiro atoms. The molecule has 32 heavy (non-hydrogen) atoms. The van der Waals surface area contributed by atoms with Gasteiger partial charge in [-0.25, -0.2) is 14.4 Å². The Bertz CT molecular complexity index is 932. The van der Waals surface area contributed by atoms with Gasteiger partial charge in [0.2, 0.25) is 0 Å². The Balaban J connectivity index is 1.57. The first-order valence-electron chi connectivity index (χ1n) is 12.4. The third kappa shape index (κ3) is 7.25. The Labute approximate surface area is 193 Å². The summed E-state index contributed by atoms with van der Waals surface area (Å²) >= 11 is 0.